The van der Waals surface area contributed by atoms with Crippen molar-refractivity contribution in [2.75, 3.05) is 6.61 Å². The van der Waals surface area contributed by atoms with Crippen LogP contribution in [0.25, 0.3) is 0 Å². The molecule has 0 amide bonds. The highest BCUT2D eigenvalue weighted by molar-refractivity contribution is 6.03. The van der Waals surface area contributed by atoms with Crippen LogP contribution in [0.4, 0.5) is 0 Å². The molecule has 4 rings (SSSR count). The number of oxime groups is 1. The van der Waals surface area contributed by atoms with Gasteiger partial charge in [-0.05, 0) is 85.5 Å². The first-order valence-corrected chi connectivity index (χ1v) is 13.3. The third-order valence-electron chi connectivity index (χ3n) is 9.21. The highest BCUT2D eigenvalue weighted by atomic mass is 16.6. The van der Waals surface area contributed by atoms with E-state index in [1.54, 1.807) is 0 Å². The summed E-state index contributed by atoms with van der Waals surface area (Å²) in [5.41, 5.74) is 5.50. The average molecular weight is 464 g/mol. The van der Waals surface area contributed by atoms with Gasteiger partial charge in [0.1, 0.15) is 0 Å². The highest BCUT2D eigenvalue weighted by Gasteiger charge is 2.55. The van der Waals surface area contributed by atoms with Crippen molar-refractivity contribution in [3.8, 4) is 12.3 Å². The largest absolute Gasteiger partial charge is 0.481 e. The van der Waals surface area contributed by atoms with Crippen molar-refractivity contribution in [3.05, 3.63) is 34.4 Å². The van der Waals surface area contributed by atoms with Gasteiger partial charge in [-0.1, -0.05) is 63.6 Å². The molecule has 1 N–H and O–H groups in total. The van der Waals surface area contributed by atoms with Crippen LogP contribution in [-0.2, 0) is 21.5 Å². The van der Waals surface area contributed by atoms with Gasteiger partial charge in [0, 0.05) is 11.5 Å². The molecule has 3 aliphatic carbocycles. The standard InChI is InChI=1S/C30H41NO3/c1-6-17-34-31-27(21-11-8-7-9-12-21)24-19-25-22(18-23(24)20(2)3)13-14-26-29(25,4)15-10-16-30(26,5)28(32)33/h1,18-21,26H,7-17H2,2-5H3,(H,32,33)/t26-,29-,30-/m1/s1. The fourth-order valence-electron chi connectivity index (χ4n) is 7.35. The number of carboxylic acids is 1. The highest BCUT2D eigenvalue weighted by Crippen LogP contribution is 2.57. The fourth-order valence-corrected chi connectivity index (χ4v) is 7.35. The average Bonchev–Trinajstić information content (AvgIpc) is 2.81. The normalized spacial score (nSPS) is 29.8. The maximum absolute atomic E-state index is 12.4. The molecule has 0 aliphatic heterocycles. The number of hydrogen-bond donors (Lipinski definition) is 1. The monoisotopic (exact) mass is 463 g/mol. The van der Waals surface area contributed by atoms with E-state index in [4.69, 9.17) is 11.3 Å². The zero-order chi connectivity index (χ0) is 24.5. The number of benzene rings is 1. The van der Waals surface area contributed by atoms with E-state index in [2.05, 4.69) is 44.0 Å². The Balaban J connectivity index is 1.86. The molecule has 34 heavy (non-hydrogen) atoms. The molecule has 0 bridgehead atoms. The first-order chi connectivity index (χ1) is 16.2. The molecular weight excluding hydrogens is 422 g/mol. The molecule has 4 nitrogen and oxygen atoms in total. The molecule has 0 unspecified atom stereocenters. The van der Waals surface area contributed by atoms with Gasteiger partial charge in [-0.3, -0.25) is 4.79 Å². The zero-order valence-corrected chi connectivity index (χ0v) is 21.5. The van der Waals surface area contributed by atoms with E-state index in [0.717, 1.165) is 50.7 Å². The van der Waals surface area contributed by atoms with Crippen LogP contribution in [0.15, 0.2) is 17.3 Å². The number of hydrogen-bond acceptors (Lipinski definition) is 3. The first kappa shape index (κ1) is 24.8. The fraction of sp³-hybridized carbons (Fsp3) is 0.667. The van der Waals surface area contributed by atoms with Gasteiger partial charge in [0.2, 0.25) is 0 Å². The van der Waals surface area contributed by atoms with E-state index >= 15 is 0 Å². The summed E-state index contributed by atoms with van der Waals surface area (Å²) >= 11 is 0. The third-order valence-corrected chi connectivity index (χ3v) is 9.21. The molecule has 0 heterocycles. The van der Waals surface area contributed by atoms with Crippen molar-refractivity contribution >= 4 is 11.7 Å². The van der Waals surface area contributed by atoms with Crippen LogP contribution in [0.2, 0.25) is 0 Å². The Morgan fingerprint density at radius 1 is 1.18 bits per heavy atom. The summed E-state index contributed by atoms with van der Waals surface area (Å²) in [6.45, 7) is 8.98. The number of carbonyl (C=O) groups is 1. The summed E-state index contributed by atoms with van der Waals surface area (Å²) in [7, 11) is 0. The Kier molecular flexibility index (Phi) is 7.13. The quantitative estimate of drug-likeness (QED) is 0.217. The van der Waals surface area contributed by atoms with E-state index in [1.165, 1.54) is 41.5 Å². The van der Waals surface area contributed by atoms with Crippen LogP contribution in [0, 0.1) is 29.6 Å². The summed E-state index contributed by atoms with van der Waals surface area (Å²) < 4.78 is 0. The van der Waals surface area contributed by atoms with Crippen molar-refractivity contribution in [3.63, 3.8) is 0 Å². The van der Waals surface area contributed by atoms with Crippen molar-refractivity contribution in [2.24, 2.45) is 22.4 Å². The molecule has 2 saturated carbocycles. The number of aliphatic carboxylic acids is 1. The number of carboxylic acid groups (broad SMARTS) is 1. The first-order valence-electron chi connectivity index (χ1n) is 13.3. The molecule has 1 aromatic carbocycles. The number of nitrogens with zero attached hydrogens (tertiary/aromatic N) is 1. The van der Waals surface area contributed by atoms with Crippen LogP contribution >= 0.6 is 0 Å². The lowest BCUT2D eigenvalue weighted by atomic mass is 9.49. The number of rotatable bonds is 6. The van der Waals surface area contributed by atoms with Crippen molar-refractivity contribution in [1.29, 1.82) is 0 Å². The van der Waals surface area contributed by atoms with Gasteiger partial charge in [-0.15, -0.1) is 6.42 Å². The Labute approximate surface area is 205 Å². The van der Waals surface area contributed by atoms with Crippen LogP contribution in [0.3, 0.4) is 0 Å². The van der Waals surface area contributed by atoms with Gasteiger partial charge in [0.15, 0.2) is 6.61 Å². The van der Waals surface area contributed by atoms with E-state index in [1.807, 2.05) is 6.92 Å². The second kappa shape index (κ2) is 9.76. The molecule has 184 valence electrons. The zero-order valence-electron chi connectivity index (χ0n) is 21.5. The van der Waals surface area contributed by atoms with Crippen molar-refractivity contribution in [2.45, 2.75) is 103 Å². The molecule has 0 saturated heterocycles. The maximum atomic E-state index is 12.4. The summed E-state index contributed by atoms with van der Waals surface area (Å²) in [6.07, 6.45) is 16.1. The third kappa shape index (κ3) is 4.28. The van der Waals surface area contributed by atoms with E-state index in [-0.39, 0.29) is 17.9 Å². The van der Waals surface area contributed by atoms with Gasteiger partial charge in [0.25, 0.3) is 0 Å². The van der Waals surface area contributed by atoms with Crippen molar-refractivity contribution in [1.82, 2.24) is 0 Å². The minimum Gasteiger partial charge on any atom is -0.481 e. The van der Waals surface area contributed by atoms with Gasteiger partial charge in [0.05, 0.1) is 11.1 Å². The number of terminal acetylenes is 1. The molecule has 4 heteroatoms. The second-order valence-electron chi connectivity index (χ2n) is 11.6. The number of fused-ring (bicyclic) bond motifs is 3. The van der Waals surface area contributed by atoms with E-state index in [0.29, 0.717) is 11.8 Å². The van der Waals surface area contributed by atoms with Gasteiger partial charge >= 0.3 is 5.97 Å². The maximum Gasteiger partial charge on any atom is 0.309 e. The van der Waals surface area contributed by atoms with Gasteiger partial charge in [-0.25, -0.2) is 0 Å². The summed E-state index contributed by atoms with van der Waals surface area (Å²) in [5.74, 6) is 2.79. The lowest BCUT2D eigenvalue weighted by molar-refractivity contribution is -0.157. The SMILES string of the molecule is C#CCON=C(c1cc2c(cc1C(C)C)CC[C@H]1[C@](C)(C(=O)O)CCC[C@]21C)C1CCCCC1. The molecule has 0 spiro atoms. The lowest BCUT2D eigenvalue weighted by Gasteiger charge is -2.54. The van der Waals surface area contributed by atoms with Crippen LogP contribution in [-0.4, -0.2) is 23.4 Å². The number of aryl methyl sites for hydroxylation is 1. The topological polar surface area (TPSA) is 58.9 Å². The van der Waals surface area contributed by atoms with E-state index in [9.17, 15) is 9.90 Å². The molecular formula is C30H41NO3. The minimum atomic E-state index is -0.669. The molecule has 2 fully saturated rings. The minimum absolute atomic E-state index is 0.138. The molecule has 3 aliphatic rings. The predicted molar refractivity (Wildman–Crippen MR) is 137 cm³/mol. The van der Waals surface area contributed by atoms with Crippen molar-refractivity contribution < 1.29 is 14.7 Å². The van der Waals surface area contributed by atoms with Crippen LogP contribution in [0.1, 0.15) is 114 Å². The van der Waals surface area contributed by atoms with E-state index < -0.39 is 11.4 Å². The summed E-state index contributed by atoms with van der Waals surface area (Å²) in [4.78, 5) is 18.0. The summed E-state index contributed by atoms with van der Waals surface area (Å²) in [6, 6.07) is 4.79. The lowest BCUT2D eigenvalue weighted by Crippen LogP contribution is -2.52. The Hall–Kier alpha value is -2.28. The van der Waals surface area contributed by atoms with Gasteiger partial charge in [-0.2, -0.15) is 0 Å². The second-order valence-corrected chi connectivity index (χ2v) is 11.6. The summed E-state index contributed by atoms with van der Waals surface area (Å²) in [5, 5.41) is 14.9. The Bertz CT molecular complexity index is 997. The van der Waals surface area contributed by atoms with Crippen LogP contribution in [0.5, 0.6) is 0 Å². The molecule has 0 radical (unpaired) electrons. The van der Waals surface area contributed by atoms with Gasteiger partial charge < -0.3 is 9.94 Å². The molecule has 0 aromatic heterocycles. The predicted octanol–water partition coefficient (Wildman–Crippen LogP) is 6.84. The molecule has 1 aromatic rings. The molecule has 3 atom stereocenters. The Morgan fingerprint density at radius 3 is 2.56 bits per heavy atom. The Morgan fingerprint density at radius 2 is 1.91 bits per heavy atom. The smallest absolute Gasteiger partial charge is 0.309 e. The van der Waals surface area contributed by atoms with Crippen LogP contribution < -0.4 is 0 Å².